The van der Waals surface area contributed by atoms with Crippen molar-refractivity contribution in [3.8, 4) is 0 Å². The summed E-state index contributed by atoms with van der Waals surface area (Å²) in [7, 11) is 0. The second-order valence-electron chi connectivity index (χ2n) is 3.69. The Morgan fingerprint density at radius 1 is 1.64 bits per heavy atom. The highest BCUT2D eigenvalue weighted by atomic mass is 16.5. The van der Waals surface area contributed by atoms with Crippen molar-refractivity contribution in [1.29, 1.82) is 0 Å². The molecule has 0 aliphatic heterocycles. The molecule has 0 unspecified atom stereocenters. The molecule has 1 aromatic heterocycles. The summed E-state index contributed by atoms with van der Waals surface area (Å²) >= 11 is 0. The van der Waals surface area contributed by atoms with Gasteiger partial charge in [-0.25, -0.2) is 4.79 Å². The van der Waals surface area contributed by atoms with Crippen molar-refractivity contribution in [3.05, 3.63) is 17.8 Å². The Morgan fingerprint density at radius 2 is 2.36 bits per heavy atom. The highest BCUT2D eigenvalue weighted by Gasteiger charge is 2.43. The topological polar surface area (TPSA) is 76.2 Å². The number of hydrogen-bond acceptors (Lipinski definition) is 4. The third-order valence-corrected chi connectivity index (χ3v) is 2.35. The van der Waals surface area contributed by atoms with Crippen LogP contribution in [0.2, 0.25) is 0 Å². The molecular weight excluding hydrogens is 184 g/mol. The monoisotopic (exact) mass is 194 g/mol. The van der Waals surface area contributed by atoms with Crippen LogP contribution in [0.1, 0.15) is 31.5 Å². The van der Waals surface area contributed by atoms with Crippen molar-refractivity contribution in [3.63, 3.8) is 0 Å². The lowest BCUT2D eigenvalue weighted by Crippen LogP contribution is -2.01. The van der Waals surface area contributed by atoms with E-state index in [2.05, 4.69) is 17.1 Å². The molecule has 1 aliphatic rings. The smallest absolute Gasteiger partial charge is 0.328 e. The molecule has 0 atom stereocenters. The van der Waals surface area contributed by atoms with Gasteiger partial charge in [-0.15, -0.1) is 0 Å². The van der Waals surface area contributed by atoms with E-state index in [0.717, 1.165) is 18.9 Å². The lowest BCUT2D eigenvalue weighted by atomic mass is 10.1. The van der Waals surface area contributed by atoms with Crippen LogP contribution in [-0.4, -0.2) is 21.2 Å². The van der Waals surface area contributed by atoms with E-state index < -0.39 is 5.97 Å². The Kier molecular flexibility index (Phi) is 1.87. The van der Waals surface area contributed by atoms with Gasteiger partial charge in [0.2, 0.25) is 0 Å². The number of hydrogen-bond donors (Lipinski definition) is 1. The minimum atomic E-state index is -1.03. The Morgan fingerprint density at radius 3 is 2.93 bits per heavy atom. The molecule has 1 saturated carbocycles. The van der Waals surface area contributed by atoms with Gasteiger partial charge in [0.05, 0.1) is 0 Å². The SMILES string of the molecule is CC1(c2noc(/C=C/C(=O)O)n2)CC1. The summed E-state index contributed by atoms with van der Waals surface area (Å²) in [5, 5.41) is 12.2. The maximum Gasteiger partial charge on any atom is 0.328 e. The number of nitrogens with zero attached hydrogens (tertiary/aromatic N) is 2. The van der Waals surface area contributed by atoms with Crippen LogP contribution in [0.25, 0.3) is 6.08 Å². The summed E-state index contributed by atoms with van der Waals surface area (Å²) in [5.41, 5.74) is 0.0544. The van der Waals surface area contributed by atoms with Crippen molar-refractivity contribution in [2.45, 2.75) is 25.2 Å². The van der Waals surface area contributed by atoms with Gasteiger partial charge in [-0.3, -0.25) is 0 Å². The minimum absolute atomic E-state index is 0.0544. The summed E-state index contributed by atoms with van der Waals surface area (Å²) in [6.45, 7) is 2.06. The van der Waals surface area contributed by atoms with Gasteiger partial charge in [-0.05, 0) is 12.8 Å². The number of aromatic nitrogens is 2. The standard InChI is InChI=1S/C9H10N2O3/c1-9(4-5-9)8-10-6(14-11-8)2-3-7(12)13/h2-3H,4-5H2,1H3,(H,12,13)/b3-2+. The van der Waals surface area contributed by atoms with Crippen molar-refractivity contribution in [2.75, 3.05) is 0 Å². The molecule has 0 bridgehead atoms. The lowest BCUT2D eigenvalue weighted by Gasteiger charge is -1.96. The molecule has 0 radical (unpaired) electrons. The van der Waals surface area contributed by atoms with Crippen LogP contribution in [0, 0.1) is 0 Å². The highest BCUT2D eigenvalue weighted by Crippen LogP contribution is 2.45. The summed E-state index contributed by atoms with van der Waals surface area (Å²) in [6.07, 6.45) is 4.40. The van der Waals surface area contributed by atoms with E-state index in [-0.39, 0.29) is 11.3 Å². The fourth-order valence-corrected chi connectivity index (χ4v) is 1.10. The Labute approximate surface area is 80.4 Å². The van der Waals surface area contributed by atoms with Crippen molar-refractivity contribution in [2.24, 2.45) is 0 Å². The molecule has 1 heterocycles. The molecule has 0 spiro atoms. The second kappa shape index (κ2) is 2.94. The van der Waals surface area contributed by atoms with Crippen LogP contribution in [0.15, 0.2) is 10.6 Å². The van der Waals surface area contributed by atoms with E-state index in [1.54, 1.807) is 0 Å². The summed E-state index contributed by atoms with van der Waals surface area (Å²) < 4.78 is 4.87. The van der Waals surface area contributed by atoms with Gasteiger partial charge in [-0.2, -0.15) is 4.98 Å². The first kappa shape index (κ1) is 8.93. The van der Waals surface area contributed by atoms with Crippen LogP contribution in [0.4, 0.5) is 0 Å². The molecule has 1 fully saturated rings. The van der Waals surface area contributed by atoms with Crippen molar-refractivity contribution >= 4 is 12.0 Å². The molecule has 14 heavy (non-hydrogen) atoms. The number of carbonyl (C=O) groups is 1. The van der Waals surface area contributed by atoms with E-state index in [1.165, 1.54) is 6.08 Å². The maximum atomic E-state index is 10.2. The first-order valence-corrected chi connectivity index (χ1v) is 4.35. The van der Waals surface area contributed by atoms with E-state index >= 15 is 0 Å². The van der Waals surface area contributed by atoms with Crippen LogP contribution in [-0.2, 0) is 10.2 Å². The summed E-state index contributed by atoms with van der Waals surface area (Å²) in [6, 6.07) is 0. The first-order chi connectivity index (χ1) is 6.60. The number of carboxylic acid groups (broad SMARTS) is 1. The van der Waals surface area contributed by atoms with Gasteiger partial charge in [0.25, 0.3) is 5.89 Å². The normalized spacial score (nSPS) is 18.6. The summed E-state index contributed by atoms with van der Waals surface area (Å²) in [4.78, 5) is 14.3. The van der Waals surface area contributed by atoms with Gasteiger partial charge in [0, 0.05) is 17.6 Å². The first-order valence-electron chi connectivity index (χ1n) is 4.35. The van der Waals surface area contributed by atoms with E-state index in [9.17, 15) is 4.79 Å². The van der Waals surface area contributed by atoms with E-state index in [0.29, 0.717) is 5.82 Å². The van der Waals surface area contributed by atoms with Gasteiger partial charge < -0.3 is 9.63 Å². The number of carboxylic acids is 1. The molecule has 74 valence electrons. The zero-order valence-corrected chi connectivity index (χ0v) is 7.73. The molecule has 1 aromatic rings. The fraction of sp³-hybridized carbons (Fsp3) is 0.444. The molecule has 0 amide bonds. The average Bonchev–Trinajstić information content (AvgIpc) is 2.70. The minimum Gasteiger partial charge on any atom is -0.478 e. The predicted octanol–water partition coefficient (Wildman–Crippen LogP) is 1.22. The van der Waals surface area contributed by atoms with Gasteiger partial charge >= 0.3 is 5.97 Å². The largest absolute Gasteiger partial charge is 0.478 e. The third kappa shape index (κ3) is 1.66. The predicted molar refractivity (Wildman–Crippen MR) is 47.6 cm³/mol. The maximum absolute atomic E-state index is 10.2. The zero-order valence-electron chi connectivity index (χ0n) is 7.73. The fourth-order valence-electron chi connectivity index (χ4n) is 1.10. The van der Waals surface area contributed by atoms with Gasteiger partial charge in [0.15, 0.2) is 5.82 Å². The van der Waals surface area contributed by atoms with E-state index in [4.69, 9.17) is 9.63 Å². The zero-order chi connectivity index (χ0) is 10.2. The quantitative estimate of drug-likeness (QED) is 0.732. The number of aliphatic carboxylic acids is 1. The average molecular weight is 194 g/mol. The number of rotatable bonds is 3. The van der Waals surface area contributed by atoms with Crippen molar-refractivity contribution in [1.82, 2.24) is 10.1 Å². The van der Waals surface area contributed by atoms with Crippen LogP contribution in [0.3, 0.4) is 0 Å². The Bertz CT molecular complexity index is 391. The molecule has 5 nitrogen and oxygen atoms in total. The Hall–Kier alpha value is -1.65. The molecule has 5 heteroatoms. The second-order valence-corrected chi connectivity index (χ2v) is 3.69. The van der Waals surface area contributed by atoms with Crippen molar-refractivity contribution < 1.29 is 14.4 Å². The van der Waals surface area contributed by atoms with Crippen LogP contribution >= 0.6 is 0 Å². The molecule has 0 aromatic carbocycles. The molecular formula is C9H10N2O3. The molecule has 1 N–H and O–H groups in total. The van der Waals surface area contributed by atoms with Crippen LogP contribution in [0.5, 0.6) is 0 Å². The molecule has 0 saturated heterocycles. The lowest BCUT2D eigenvalue weighted by molar-refractivity contribution is -0.131. The van der Waals surface area contributed by atoms with Gasteiger partial charge in [-0.1, -0.05) is 12.1 Å². The third-order valence-electron chi connectivity index (χ3n) is 2.35. The molecule has 1 aliphatic carbocycles. The van der Waals surface area contributed by atoms with E-state index in [1.807, 2.05) is 0 Å². The molecule has 2 rings (SSSR count). The van der Waals surface area contributed by atoms with Gasteiger partial charge in [0.1, 0.15) is 0 Å². The van der Waals surface area contributed by atoms with Crippen LogP contribution < -0.4 is 0 Å². The summed E-state index contributed by atoms with van der Waals surface area (Å²) in [5.74, 6) is -0.111. The Balaban J connectivity index is 2.14. The highest BCUT2D eigenvalue weighted by molar-refractivity contribution is 5.84.